The number of H-pyrrole nitrogens is 1. The third-order valence-corrected chi connectivity index (χ3v) is 3.43. The van der Waals surface area contributed by atoms with Crippen molar-refractivity contribution in [3.63, 3.8) is 0 Å². The topological polar surface area (TPSA) is 84.0 Å². The Morgan fingerprint density at radius 3 is 2.81 bits per heavy atom. The molecule has 1 atom stereocenters. The van der Waals surface area contributed by atoms with Gasteiger partial charge in [0.05, 0.1) is 25.1 Å². The van der Waals surface area contributed by atoms with E-state index in [1.165, 1.54) is 6.20 Å². The Morgan fingerprint density at radius 1 is 1.29 bits per heavy atom. The van der Waals surface area contributed by atoms with Crippen LogP contribution in [0.15, 0.2) is 18.6 Å². The maximum absolute atomic E-state index is 12.6. The number of nitrogens with zero attached hydrogens (tertiary/aromatic N) is 4. The van der Waals surface area contributed by atoms with E-state index in [-0.39, 0.29) is 11.9 Å². The lowest BCUT2D eigenvalue weighted by atomic mass is 10.2. The lowest BCUT2D eigenvalue weighted by Gasteiger charge is -2.34. The summed E-state index contributed by atoms with van der Waals surface area (Å²) >= 11 is 0. The van der Waals surface area contributed by atoms with Crippen LogP contribution in [0.2, 0.25) is 0 Å². The summed E-state index contributed by atoms with van der Waals surface area (Å²) in [4.78, 5) is 30.1. The molecule has 1 aliphatic rings. The van der Waals surface area contributed by atoms with E-state index in [1.807, 2.05) is 13.8 Å². The van der Waals surface area contributed by atoms with Crippen molar-refractivity contribution in [1.29, 1.82) is 0 Å². The van der Waals surface area contributed by atoms with Crippen LogP contribution in [0, 0.1) is 13.8 Å². The van der Waals surface area contributed by atoms with Crippen molar-refractivity contribution in [3.05, 3.63) is 41.5 Å². The second-order valence-corrected chi connectivity index (χ2v) is 5.08. The van der Waals surface area contributed by atoms with Crippen LogP contribution in [0.5, 0.6) is 0 Å². The summed E-state index contributed by atoms with van der Waals surface area (Å²) in [5.41, 5.74) is 2.08. The first kappa shape index (κ1) is 13.7. The molecule has 0 saturated carbocycles. The molecule has 21 heavy (non-hydrogen) atoms. The van der Waals surface area contributed by atoms with Gasteiger partial charge in [-0.05, 0) is 13.8 Å². The SMILES string of the molecule is Cc1cnc(C(=O)N2CCOC[C@H]2c2ncc(C)[nH]2)cn1. The van der Waals surface area contributed by atoms with Gasteiger partial charge in [0.15, 0.2) is 0 Å². The average molecular weight is 287 g/mol. The zero-order valence-corrected chi connectivity index (χ0v) is 12.0. The van der Waals surface area contributed by atoms with Crippen LogP contribution in [-0.2, 0) is 4.74 Å². The minimum absolute atomic E-state index is 0.148. The van der Waals surface area contributed by atoms with Gasteiger partial charge in [-0.3, -0.25) is 9.78 Å². The van der Waals surface area contributed by atoms with E-state index in [4.69, 9.17) is 4.74 Å². The molecule has 3 heterocycles. The van der Waals surface area contributed by atoms with Gasteiger partial charge in [-0.25, -0.2) is 9.97 Å². The second kappa shape index (κ2) is 5.61. The zero-order chi connectivity index (χ0) is 14.8. The Morgan fingerprint density at radius 2 is 2.14 bits per heavy atom. The zero-order valence-electron chi connectivity index (χ0n) is 12.0. The van der Waals surface area contributed by atoms with E-state index in [0.29, 0.717) is 25.5 Å². The monoisotopic (exact) mass is 287 g/mol. The quantitative estimate of drug-likeness (QED) is 0.892. The van der Waals surface area contributed by atoms with E-state index >= 15 is 0 Å². The number of aromatic nitrogens is 4. The van der Waals surface area contributed by atoms with Crippen LogP contribution < -0.4 is 0 Å². The van der Waals surface area contributed by atoms with Gasteiger partial charge in [-0.1, -0.05) is 0 Å². The Balaban J connectivity index is 1.87. The van der Waals surface area contributed by atoms with Gasteiger partial charge in [0, 0.05) is 24.6 Å². The number of nitrogens with one attached hydrogen (secondary N) is 1. The van der Waals surface area contributed by atoms with Crippen LogP contribution in [-0.4, -0.2) is 50.5 Å². The van der Waals surface area contributed by atoms with Crippen LogP contribution >= 0.6 is 0 Å². The Bertz CT molecular complexity index is 637. The maximum atomic E-state index is 12.6. The van der Waals surface area contributed by atoms with Gasteiger partial charge >= 0.3 is 0 Å². The van der Waals surface area contributed by atoms with Gasteiger partial charge in [-0.2, -0.15) is 0 Å². The third kappa shape index (κ3) is 2.78. The summed E-state index contributed by atoms with van der Waals surface area (Å²) in [6.45, 7) is 5.22. The smallest absolute Gasteiger partial charge is 0.274 e. The fourth-order valence-electron chi connectivity index (χ4n) is 2.33. The minimum atomic E-state index is -0.219. The first-order valence-corrected chi connectivity index (χ1v) is 6.84. The number of amides is 1. The molecule has 7 heteroatoms. The molecule has 2 aromatic rings. The number of aromatic amines is 1. The molecule has 0 bridgehead atoms. The lowest BCUT2D eigenvalue weighted by Crippen LogP contribution is -2.44. The van der Waals surface area contributed by atoms with Gasteiger partial charge in [0.1, 0.15) is 17.6 Å². The Hall–Kier alpha value is -2.28. The molecule has 1 aliphatic heterocycles. The molecular weight excluding hydrogens is 270 g/mol. The highest BCUT2D eigenvalue weighted by atomic mass is 16.5. The van der Waals surface area contributed by atoms with Crippen molar-refractivity contribution in [1.82, 2.24) is 24.8 Å². The number of aryl methyl sites for hydroxylation is 2. The van der Waals surface area contributed by atoms with E-state index in [2.05, 4.69) is 19.9 Å². The van der Waals surface area contributed by atoms with Crippen LogP contribution in [0.1, 0.15) is 33.7 Å². The largest absolute Gasteiger partial charge is 0.377 e. The Kier molecular flexibility index (Phi) is 3.66. The predicted octanol–water partition coefficient (Wildman–Crippen LogP) is 1.03. The standard InChI is InChI=1S/C14H17N5O2/c1-9-5-16-11(7-15-9)14(20)19-3-4-21-8-12(19)13-17-6-10(2)18-13/h5-7,12H,3-4,8H2,1-2H3,(H,17,18)/t12-/m0/s1. The molecule has 0 radical (unpaired) electrons. The molecule has 1 fully saturated rings. The summed E-state index contributed by atoms with van der Waals surface area (Å²) in [7, 11) is 0. The number of imidazole rings is 1. The molecule has 1 saturated heterocycles. The number of carbonyl (C=O) groups excluding carboxylic acids is 1. The number of ether oxygens (including phenoxy) is 1. The fourth-order valence-corrected chi connectivity index (χ4v) is 2.33. The van der Waals surface area contributed by atoms with Gasteiger partial charge in [-0.15, -0.1) is 0 Å². The summed E-state index contributed by atoms with van der Waals surface area (Å²) in [6, 6.07) is -0.219. The summed E-state index contributed by atoms with van der Waals surface area (Å²) in [6.07, 6.45) is 4.86. The fraction of sp³-hybridized carbons (Fsp3) is 0.429. The van der Waals surface area contributed by atoms with Crippen LogP contribution in [0.4, 0.5) is 0 Å². The molecule has 1 amide bonds. The summed E-state index contributed by atoms with van der Waals surface area (Å²) in [5.74, 6) is 0.588. The minimum Gasteiger partial charge on any atom is -0.377 e. The van der Waals surface area contributed by atoms with Gasteiger partial charge < -0.3 is 14.6 Å². The molecule has 3 rings (SSSR count). The van der Waals surface area contributed by atoms with Gasteiger partial charge in [0.2, 0.25) is 0 Å². The van der Waals surface area contributed by atoms with E-state index in [0.717, 1.165) is 17.2 Å². The molecule has 0 spiro atoms. The molecule has 1 N–H and O–H groups in total. The second-order valence-electron chi connectivity index (χ2n) is 5.08. The van der Waals surface area contributed by atoms with Gasteiger partial charge in [0.25, 0.3) is 5.91 Å². The Labute approximate surface area is 122 Å². The molecular formula is C14H17N5O2. The first-order valence-electron chi connectivity index (χ1n) is 6.84. The number of hydrogen-bond acceptors (Lipinski definition) is 5. The highest BCUT2D eigenvalue weighted by Gasteiger charge is 2.31. The molecule has 110 valence electrons. The molecule has 0 unspecified atom stereocenters. The highest BCUT2D eigenvalue weighted by Crippen LogP contribution is 2.23. The van der Waals surface area contributed by atoms with Crippen LogP contribution in [0.3, 0.4) is 0 Å². The van der Waals surface area contributed by atoms with Crippen molar-refractivity contribution < 1.29 is 9.53 Å². The van der Waals surface area contributed by atoms with E-state index in [1.54, 1.807) is 17.3 Å². The summed E-state index contributed by atoms with van der Waals surface area (Å²) in [5, 5.41) is 0. The number of carbonyl (C=O) groups is 1. The molecule has 0 aliphatic carbocycles. The molecule has 0 aromatic carbocycles. The van der Waals surface area contributed by atoms with E-state index < -0.39 is 0 Å². The number of morpholine rings is 1. The average Bonchev–Trinajstić information content (AvgIpc) is 2.94. The van der Waals surface area contributed by atoms with Crippen molar-refractivity contribution in [2.75, 3.05) is 19.8 Å². The van der Waals surface area contributed by atoms with Crippen molar-refractivity contribution in [2.24, 2.45) is 0 Å². The highest BCUT2D eigenvalue weighted by molar-refractivity contribution is 5.92. The first-order chi connectivity index (χ1) is 10.1. The normalized spacial score (nSPS) is 18.8. The predicted molar refractivity (Wildman–Crippen MR) is 74.7 cm³/mol. The third-order valence-electron chi connectivity index (χ3n) is 3.43. The van der Waals surface area contributed by atoms with Crippen molar-refractivity contribution in [3.8, 4) is 0 Å². The number of rotatable bonds is 2. The van der Waals surface area contributed by atoms with E-state index in [9.17, 15) is 4.79 Å². The molecule has 2 aromatic heterocycles. The van der Waals surface area contributed by atoms with Crippen molar-refractivity contribution in [2.45, 2.75) is 19.9 Å². The lowest BCUT2D eigenvalue weighted by molar-refractivity contribution is -0.00534. The summed E-state index contributed by atoms with van der Waals surface area (Å²) < 4.78 is 5.49. The van der Waals surface area contributed by atoms with Crippen molar-refractivity contribution >= 4 is 5.91 Å². The van der Waals surface area contributed by atoms with Crippen LogP contribution in [0.25, 0.3) is 0 Å². The molecule has 7 nitrogen and oxygen atoms in total. The maximum Gasteiger partial charge on any atom is 0.274 e. The number of hydrogen-bond donors (Lipinski definition) is 1.